The van der Waals surface area contributed by atoms with E-state index in [1.54, 1.807) is 22.7 Å². The van der Waals surface area contributed by atoms with Gasteiger partial charge in [-0.05, 0) is 5.92 Å². The molecule has 0 aliphatic rings. The van der Waals surface area contributed by atoms with E-state index in [1.807, 2.05) is 6.20 Å². The van der Waals surface area contributed by atoms with Crippen molar-refractivity contribution < 1.29 is 0 Å². The summed E-state index contributed by atoms with van der Waals surface area (Å²) in [6.45, 7) is 11.7. The Bertz CT molecular complexity index is 552. The first kappa shape index (κ1) is 15.4. The number of rotatable bonds is 5. The first-order chi connectivity index (χ1) is 9.34. The van der Waals surface area contributed by atoms with Crippen molar-refractivity contribution in [2.75, 3.05) is 5.32 Å². The third kappa shape index (κ3) is 4.24. The Balaban J connectivity index is 1.92. The van der Waals surface area contributed by atoms with Crippen LogP contribution in [0.3, 0.4) is 0 Å². The lowest BCUT2D eigenvalue weighted by molar-refractivity contribution is 0.585. The van der Waals surface area contributed by atoms with Gasteiger partial charge in [0.25, 0.3) is 0 Å². The molecule has 0 saturated carbocycles. The molecule has 0 atom stereocenters. The molecular weight excluding hydrogens is 288 g/mol. The van der Waals surface area contributed by atoms with Crippen LogP contribution in [-0.4, -0.2) is 15.2 Å². The topological polar surface area (TPSA) is 50.7 Å². The number of nitrogens with one attached hydrogen (secondary N) is 1. The van der Waals surface area contributed by atoms with Crippen LogP contribution in [0.5, 0.6) is 0 Å². The molecule has 0 unspecified atom stereocenters. The fourth-order valence-corrected chi connectivity index (χ4v) is 3.51. The predicted molar refractivity (Wildman–Crippen MR) is 86.6 cm³/mol. The molecule has 0 aliphatic carbocycles. The number of nitrogens with zero attached hydrogens (tertiary/aromatic N) is 3. The quantitative estimate of drug-likeness (QED) is 0.903. The number of anilines is 1. The van der Waals surface area contributed by atoms with E-state index in [0.717, 1.165) is 23.1 Å². The molecule has 2 aromatic heterocycles. The van der Waals surface area contributed by atoms with Crippen LogP contribution in [0.1, 0.15) is 49.5 Å². The molecule has 0 amide bonds. The van der Waals surface area contributed by atoms with Crippen LogP contribution in [0, 0.1) is 5.92 Å². The third-order valence-electron chi connectivity index (χ3n) is 2.66. The Kier molecular flexibility index (Phi) is 4.75. The van der Waals surface area contributed by atoms with E-state index in [1.165, 1.54) is 9.88 Å². The molecule has 4 nitrogen and oxygen atoms in total. The Morgan fingerprint density at radius 1 is 1.20 bits per heavy atom. The minimum atomic E-state index is 0.121. The SMILES string of the molecule is CC(C)Cc1nnc(NCc2cnc(C(C)(C)C)s2)s1. The molecule has 0 aromatic carbocycles. The van der Waals surface area contributed by atoms with Crippen molar-refractivity contribution in [3.63, 3.8) is 0 Å². The number of hydrogen-bond donors (Lipinski definition) is 1. The summed E-state index contributed by atoms with van der Waals surface area (Å²) in [7, 11) is 0. The number of thiazole rings is 1. The highest BCUT2D eigenvalue weighted by Crippen LogP contribution is 2.27. The minimum absolute atomic E-state index is 0.121. The highest BCUT2D eigenvalue weighted by Gasteiger charge is 2.18. The number of hydrogen-bond acceptors (Lipinski definition) is 6. The monoisotopic (exact) mass is 310 g/mol. The van der Waals surface area contributed by atoms with Gasteiger partial charge < -0.3 is 5.32 Å². The summed E-state index contributed by atoms with van der Waals surface area (Å²) in [5.41, 5.74) is 0.121. The molecule has 0 saturated heterocycles. The standard InChI is InChI=1S/C14H22N4S2/c1-9(2)6-11-17-18-13(20-11)16-8-10-7-15-12(19-10)14(3,4)5/h7,9H,6,8H2,1-5H3,(H,16,18). The van der Waals surface area contributed by atoms with Crippen molar-refractivity contribution >= 4 is 27.8 Å². The van der Waals surface area contributed by atoms with Gasteiger partial charge in [-0.2, -0.15) is 0 Å². The van der Waals surface area contributed by atoms with E-state index in [4.69, 9.17) is 0 Å². The summed E-state index contributed by atoms with van der Waals surface area (Å²) < 4.78 is 0. The molecule has 1 N–H and O–H groups in total. The van der Waals surface area contributed by atoms with E-state index in [9.17, 15) is 0 Å². The fourth-order valence-electron chi connectivity index (χ4n) is 1.66. The van der Waals surface area contributed by atoms with Gasteiger partial charge in [-0.15, -0.1) is 21.5 Å². The minimum Gasteiger partial charge on any atom is -0.355 e. The van der Waals surface area contributed by atoms with Crippen molar-refractivity contribution in [2.24, 2.45) is 5.92 Å². The predicted octanol–water partition coefficient (Wildman–Crippen LogP) is 4.10. The lowest BCUT2D eigenvalue weighted by Crippen LogP contribution is -2.09. The number of aromatic nitrogens is 3. The molecule has 0 bridgehead atoms. The summed E-state index contributed by atoms with van der Waals surface area (Å²) in [5.74, 6) is 0.617. The maximum Gasteiger partial charge on any atom is 0.205 e. The average Bonchev–Trinajstić information content (AvgIpc) is 2.93. The molecule has 110 valence electrons. The summed E-state index contributed by atoms with van der Waals surface area (Å²) >= 11 is 3.40. The van der Waals surface area contributed by atoms with Crippen molar-refractivity contribution in [1.82, 2.24) is 15.2 Å². The van der Waals surface area contributed by atoms with Gasteiger partial charge in [-0.3, -0.25) is 0 Å². The Hall–Kier alpha value is -1.01. The Morgan fingerprint density at radius 2 is 1.95 bits per heavy atom. The van der Waals surface area contributed by atoms with Gasteiger partial charge >= 0.3 is 0 Å². The molecule has 2 heterocycles. The summed E-state index contributed by atoms with van der Waals surface area (Å²) in [4.78, 5) is 5.72. The van der Waals surface area contributed by atoms with Crippen LogP contribution in [0.15, 0.2) is 6.20 Å². The summed E-state index contributed by atoms with van der Waals surface area (Å²) in [6.07, 6.45) is 2.95. The van der Waals surface area contributed by atoms with E-state index in [2.05, 4.69) is 55.1 Å². The highest BCUT2D eigenvalue weighted by atomic mass is 32.1. The van der Waals surface area contributed by atoms with Gasteiger partial charge in [0.15, 0.2) is 0 Å². The Morgan fingerprint density at radius 3 is 2.55 bits per heavy atom. The molecule has 2 aromatic rings. The zero-order valence-corrected chi connectivity index (χ0v) is 14.4. The Labute approximate surface area is 128 Å². The van der Waals surface area contributed by atoms with Crippen LogP contribution in [0.2, 0.25) is 0 Å². The maximum absolute atomic E-state index is 4.49. The van der Waals surface area contributed by atoms with Gasteiger partial charge in [0.1, 0.15) is 5.01 Å². The van der Waals surface area contributed by atoms with Gasteiger partial charge in [0.2, 0.25) is 5.13 Å². The molecule has 6 heteroatoms. The largest absolute Gasteiger partial charge is 0.355 e. The van der Waals surface area contributed by atoms with E-state index >= 15 is 0 Å². The molecule has 2 rings (SSSR count). The lowest BCUT2D eigenvalue weighted by atomic mass is 9.98. The van der Waals surface area contributed by atoms with Crippen molar-refractivity contribution in [2.45, 2.75) is 53.0 Å². The fraction of sp³-hybridized carbons (Fsp3) is 0.643. The molecular formula is C14H22N4S2. The molecule has 0 radical (unpaired) electrons. The lowest BCUT2D eigenvalue weighted by Gasteiger charge is -2.13. The van der Waals surface area contributed by atoms with E-state index in [0.29, 0.717) is 5.92 Å². The second-order valence-corrected chi connectivity index (χ2v) is 8.51. The second-order valence-electron chi connectivity index (χ2n) is 6.33. The zero-order valence-electron chi connectivity index (χ0n) is 12.7. The van der Waals surface area contributed by atoms with Crippen LogP contribution in [-0.2, 0) is 18.4 Å². The van der Waals surface area contributed by atoms with E-state index < -0.39 is 0 Å². The van der Waals surface area contributed by atoms with Crippen molar-refractivity contribution in [3.8, 4) is 0 Å². The van der Waals surface area contributed by atoms with Gasteiger partial charge in [-0.1, -0.05) is 46.0 Å². The van der Waals surface area contributed by atoms with E-state index in [-0.39, 0.29) is 5.41 Å². The van der Waals surface area contributed by atoms with Gasteiger partial charge in [-0.25, -0.2) is 4.98 Å². The first-order valence-corrected chi connectivity index (χ1v) is 8.49. The average molecular weight is 310 g/mol. The van der Waals surface area contributed by atoms with Crippen molar-refractivity contribution in [1.29, 1.82) is 0 Å². The first-order valence-electron chi connectivity index (χ1n) is 6.86. The highest BCUT2D eigenvalue weighted by molar-refractivity contribution is 7.15. The van der Waals surface area contributed by atoms with Crippen LogP contribution >= 0.6 is 22.7 Å². The smallest absolute Gasteiger partial charge is 0.205 e. The molecule has 0 fully saturated rings. The normalized spacial score (nSPS) is 12.1. The summed E-state index contributed by atoms with van der Waals surface area (Å²) in [5, 5.41) is 14.9. The summed E-state index contributed by atoms with van der Waals surface area (Å²) in [6, 6.07) is 0. The van der Waals surface area contributed by atoms with Crippen LogP contribution in [0.4, 0.5) is 5.13 Å². The molecule has 20 heavy (non-hydrogen) atoms. The van der Waals surface area contributed by atoms with Gasteiger partial charge in [0, 0.05) is 22.9 Å². The maximum atomic E-state index is 4.49. The van der Waals surface area contributed by atoms with Crippen LogP contribution in [0.25, 0.3) is 0 Å². The molecule has 0 spiro atoms. The van der Waals surface area contributed by atoms with Crippen molar-refractivity contribution in [3.05, 3.63) is 21.1 Å². The van der Waals surface area contributed by atoms with Crippen LogP contribution < -0.4 is 5.32 Å². The zero-order chi connectivity index (χ0) is 14.8. The molecule has 0 aliphatic heterocycles. The second kappa shape index (κ2) is 6.18. The third-order valence-corrected chi connectivity index (χ3v) is 4.99. The van der Waals surface area contributed by atoms with Gasteiger partial charge in [0.05, 0.1) is 11.6 Å².